The maximum atomic E-state index is 11.4. The van der Waals surface area contributed by atoms with Gasteiger partial charge in [-0.15, -0.1) is 0 Å². The molecule has 0 aromatic carbocycles. The Morgan fingerprint density at radius 2 is 1.89 bits per heavy atom. The van der Waals surface area contributed by atoms with Gasteiger partial charge in [0.2, 0.25) is 15.9 Å². The van der Waals surface area contributed by atoms with Crippen molar-refractivity contribution in [3.8, 4) is 0 Å². The Hall–Kier alpha value is -0.700. The fraction of sp³-hybridized carbons (Fsp3) is 0.909. The number of carbonyl (C=O) groups is 1. The third-order valence-electron chi connectivity index (χ3n) is 3.42. The molecule has 0 unspecified atom stereocenters. The van der Waals surface area contributed by atoms with Crippen LogP contribution in [0.1, 0.15) is 12.8 Å². The molecule has 0 aromatic heterocycles. The van der Waals surface area contributed by atoms with Crippen LogP contribution in [0.25, 0.3) is 0 Å². The molecule has 7 nitrogen and oxygen atoms in total. The van der Waals surface area contributed by atoms with Crippen LogP contribution in [0.2, 0.25) is 0 Å². The fourth-order valence-corrected chi connectivity index (χ4v) is 2.97. The lowest BCUT2D eigenvalue weighted by molar-refractivity contribution is -0.127. The van der Waals surface area contributed by atoms with Gasteiger partial charge in [-0.05, 0) is 12.8 Å². The number of hydrogen-bond acceptors (Lipinski definition) is 5. The Balaban J connectivity index is 2.53. The van der Waals surface area contributed by atoms with Gasteiger partial charge in [-0.1, -0.05) is 0 Å². The van der Waals surface area contributed by atoms with E-state index < -0.39 is 15.6 Å². The molecule has 0 aromatic rings. The van der Waals surface area contributed by atoms with Gasteiger partial charge in [-0.25, -0.2) is 12.7 Å². The first-order valence-electron chi connectivity index (χ1n) is 6.09. The van der Waals surface area contributed by atoms with Gasteiger partial charge < -0.3 is 14.8 Å². The van der Waals surface area contributed by atoms with E-state index in [1.165, 1.54) is 17.7 Å². The lowest BCUT2D eigenvalue weighted by atomic mass is 9.92. The van der Waals surface area contributed by atoms with Crippen molar-refractivity contribution in [2.45, 2.75) is 18.4 Å². The molecule has 1 rings (SSSR count). The zero-order chi connectivity index (χ0) is 14.5. The zero-order valence-electron chi connectivity index (χ0n) is 11.6. The predicted octanol–water partition coefficient (Wildman–Crippen LogP) is -0.810. The van der Waals surface area contributed by atoms with Gasteiger partial charge in [0.25, 0.3) is 0 Å². The number of amides is 1. The highest BCUT2D eigenvalue weighted by Gasteiger charge is 2.37. The van der Waals surface area contributed by atoms with Gasteiger partial charge >= 0.3 is 0 Å². The quantitative estimate of drug-likeness (QED) is 0.692. The molecule has 1 heterocycles. The lowest BCUT2D eigenvalue weighted by Crippen LogP contribution is -2.53. The minimum absolute atomic E-state index is 0.00919. The van der Waals surface area contributed by atoms with Crippen molar-refractivity contribution >= 4 is 15.9 Å². The third-order valence-corrected chi connectivity index (χ3v) is 4.72. The second-order valence-electron chi connectivity index (χ2n) is 4.76. The Morgan fingerprint density at radius 3 is 2.32 bits per heavy atom. The molecule has 0 aliphatic carbocycles. The minimum Gasteiger partial charge on any atom is -0.376 e. The predicted molar refractivity (Wildman–Crippen MR) is 70.3 cm³/mol. The first kappa shape index (κ1) is 16.4. The summed E-state index contributed by atoms with van der Waals surface area (Å²) in [7, 11) is -0.117. The number of carbonyl (C=O) groups excluding carboxylic acids is 1. The first-order valence-corrected chi connectivity index (χ1v) is 7.94. The summed E-state index contributed by atoms with van der Waals surface area (Å²) >= 11 is 0. The largest absolute Gasteiger partial charge is 0.376 e. The van der Waals surface area contributed by atoms with Crippen LogP contribution < -0.4 is 5.32 Å². The van der Waals surface area contributed by atoms with E-state index in [1.54, 1.807) is 7.11 Å². The Morgan fingerprint density at radius 1 is 1.32 bits per heavy atom. The summed E-state index contributed by atoms with van der Waals surface area (Å²) in [6, 6.07) is 0. The fourth-order valence-electron chi connectivity index (χ4n) is 2.12. The van der Waals surface area contributed by atoms with Crippen molar-refractivity contribution in [1.29, 1.82) is 0 Å². The van der Waals surface area contributed by atoms with E-state index in [0.717, 1.165) is 0 Å². The number of hydrogen-bond donors (Lipinski definition) is 1. The molecule has 0 radical (unpaired) electrons. The molecule has 1 aliphatic heterocycles. The molecule has 19 heavy (non-hydrogen) atoms. The highest BCUT2D eigenvalue weighted by Crippen LogP contribution is 2.26. The summed E-state index contributed by atoms with van der Waals surface area (Å²) < 4.78 is 34.5. The number of sulfonamides is 1. The van der Waals surface area contributed by atoms with Gasteiger partial charge in [-0.3, -0.25) is 4.79 Å². The molecule has 1 fully saturated rings. The number of piperidine rings is 1. The summed E-state index contributed by atoms with van der Waals surface area (Å²) in [5.74, 6) is -0.204. The van der Waals surface area contributed by atoms with E-state index in [-0.39, 0.29) is 12.5 Å². The summed E-state index contributed by atoms with van der Waals surface area (Å²) in [5.41, 5.74) is -0.495. The average molecular weight is 294 g/mol. The minimum atomic E-state index is -3.15. The number of methoxy groups -OCH3 is 2. The van der Waals surface area contributed by atoms with E-state index >= 15 is 0 Å². The number of rotatable bonds is 6. The van der Waals surface area contributed by atoms with E-state index in [4.69, 9.17) is 9.47 Å². The van der Waals surface area contributed by atoms with Crippen LogP contribution in [0.5, 0.6) is 0 Å². The van der Waals surface area contributed by atoms with Gasteiger partial charge in [0.05, 0.1) is 11.9 Å². The lowest BCUT2D eigenvalue weighted by Gasteiger charge is -2.39. The standard InChI is InChI=1S/C11H22N2O5S/c1-17-8-10(14)12-9-11(18-2)4-6-13(7-5-11)19(3,15)16/h4-9H2,1-3H3,(H,12,14). The van der Waals surface area contributed by atoms with E-state index in [2.05, 4.69) is 5.32 Å². The summed E-state index contributed by atoms with van der Waals surface area (Å²) in [6.45, 7) is 1.19. The molecule has 112 valence electrons. The number of nitrogens with one attached hydrogen (secondary N) is 1. The van der Waals surface area contributed by atoms with Crippen LogP contribution in [-0.2, 0) is 24.3 Å². The van der Waals surface area contributed by atoms with Crippen LogP contribution in [0, 0.1) is 0 Å². The van der Waals surface area contributed by atoms with Crippen molar-refractivity contribution in [3.63, 3.8) is 0 Å². The average Bonchev–Trinajstić information content (AvgIpc) is 2.36. The van der Waals surface area contributed by atoms with Crippen LogP contribution in [0.4, 0.5) is 0 Å². The van der Waals surface area contributed by atoms with Crippen LogP contribution in [0.3, 0.4) is 0 Å². The number of nitrogens with zero attached hydrogens (tertiary/aromatic N) is 1. The first-order chi connectivity index (χ1) is 8.83. The topological polar surface area (TPSA) is 84.9 Å². The van der Waals surface area contributed by atoms with E-state index in [9.17, 15) is 13.2 Å². The monoisotopic (exact) mass is 294 g/mol. The van der Waals surface area contributed by atoms with Crippen LogP contribution >= 0.6 is 0 Å². The normalized spacial score (nSPS) is 20.2. The molecule has 0 bridgehead atoms. The molecular weight excluding hydrogens is 272 g/mol. The van der Waals surface area contributed by atoms with Gasteiger partial charge in [0, 0.05) is 33.9 Å². The molecular formula is C11H22N2O5S. The molecule has 8 heteroatoms. The second kappa shape index (κ2) is 6.65. The van der Waals surface area contributed by atoms with Crippen molar-refractivity contribution < 1.29 is 22.7 Å². The molecule has 1 amide bonds. The van der Waals surface area contributed by atoms with Gasteiger partial charge in [0.1, 0.15) is 6.61 Å². The highest BCUT2D eigenvalue weighted by atomic mass is 32.2. The Kier molecular flexibility index (Phi) is 5.72. The zero-order valence-corrected chi connectivity index (χ0v) is 12.5. The molecule has 1 saturated heterocycles. The number of ether oxygens (including phenoxy) is 2. The third kappa shape index (κ3) is 4.72. The summed E-state index contributed by atoms with van der Waals surface area (Å²) in [4.78, 5) is 11.4. The molecule has 0 spiro atoms. The molecule has 0 atom stereocenters. The van der Waals surface area contributed by atoms with Crippen molar-refractivity contribution in [3.05, 3.63) is 0 Å². The van der Waals surface area contributed by atoms with E-state index in [1.807, 2.05) is 0 Å². The van der Waals surface area contributed by atoms with Gasteiger partial charge in [0.15, 0.2) is 0 Å². The maximum absolute atomic E-state index is 11.4. The highest BCUT2D eigenvalue weighted by molar-refractivity contribution is 7.88. The smallest absolute Gasteiger partial charge is 0.246 e. The van der Waals surface area contributed by atoms with E-state index in [0.29, 0.717) is 32.5 Å². The summed E-state index contributed by atoms with van der Waals surface area (Å²) in [5, 5.41) is 2.74. The second-order valence-corrected chi connectivity index (χ2v) is 6.74. The van der Waals surface area contributed by atoms with Crippen LogP contribution in [-0.4, -0.2) is 70.9 Å². The SMILES string of the molecule is COCC(=O)NCC1(OC)CCN(S(C)(=O)=O)CC1. The Labute approximate surface area is 114 Å². The Bertz CT molecular complexity index is 401. The molecule has 0 saturated carbocycles. The molecule has 1 aliphatic rings. The van der Waals surface area contributed by atoms with Crippen LogP contribution in [0.15, 0.2) is 0 Å². The molecule has 1 N–H and O–H groups in total. The van der Waals surface area contributed by atoms with Crippen molar-refractivity contribution in [1.82, 2.24) is 9.62 Å². The maximum Gasteiger partial charge on any atom is 0.246 e. The summed E-state index contributed by atoms with van der Waals surface area (Å²) in [6.07, 6.45) is 2.32. The van der Waals surface area contributed by atoms with Crippen molar-refractivity contribution in [2.24, 2.45) is 0 Å². The van der Waals surface area contributed by atoms with Crippen molar-refractivity contribution in [2.75, 3.05) is 46.7 Å². The van der Waals surface area contributed by atoms with Gasteiger partial charge in [-0.2, -0.15) is 0 Å².